The number of rotatable bonds is 2. The van der Waals surface area contributed by atoms with Gasteiger partial charge in [0.25, 0.3) is 0 Å². The monoisotopic (exact) mass is 387 g/mol. The zero-order chi connectivity index (χ0) is 19.0. The van der Waals surface area contributed by atoms with E-state index >= 15 is 0 Å². The Labute approximate surface area is 165 Å². The summed E-state index contributed by atoms with van der Waals surface area (Å²) in [7, 11) is 0. The van der Waals surface area contributed by atoms with Crippen LogP contribution in [-0.4, -0.2) is 47.7 Å². The lowest BCUT2D eigenvalue weighted by molar-refractivity contribution is -0.139. The van der Waals surface area contributed by atoms with Gasteiger partial charge in [-0.1, -0.05) is 11.6 Å². The van der Waals surface area contributed by atoms with E-state index in [2.05, 4.69) is 15.9 Å². The van der Waals surface area contributed by atoms with Crippen LogP contribution < -0.4 is 4.90 Å². The number of halogens is 1. The van der Waals surface area contributed by atoms with Crippen molar-refractivity contribution in [3.05, 3.63) is 28.8 Å². The predicted molar refractivity (Wildman–Crippen MR) is 105 cm³/mol. The highest BCUT2D eigenvalue weighted by atomic mass is 35.5. The van der Waals surface area contributed by atoms with Crippen molar-refractivity contribution in [1.82, 2.24) is 4.90 Å². The average molecular weight is 388 g/mol. The topological polar surface area (TPSA) is 67.6 Å². The van der Waals surface area contributed by atoms with E-state index in [1.165, 1.54) is 0 Å². The smallest absolute Gasteiger partial charge is 0.230 e. The number of hydrogen-bond donors (Lipinski definition) is 1. The van der Waals surface area contributed by atoms with Crippen LogP contribution in [0.2, 0.25) is 5.02 Å². The highest BCUT2D eigenvalue weighted by Gasteiger charge is 2.50. The van der Waals surface area contributed by atoms with Crippen molar-refractivity contribution < 1.29 is 9.90 Å². The molecule has 27 heavy (non-hydrogen) atoms. The van der Waals surface area contributed by atoms with E-state index in [1.54, 1.807) is 12.1 Å². The molecular formula is C21H26ClN3O2. The maximum absolute atomic E-state index is 13.4. The van der Waals surface area contributed by atoms with Gasteiger partial charge in [-0.25, -0.2) is 0 Å². The van der Waals surface area contributed by atoms with Gasteiger partial charge in [0.15, 0.2) is 0 Å². The predicted octanol–water partition coefficient (Wildman–Crippen LogP) is 3.33. The third kappa shape index (κ3) is 3.41. The number of hydrogen-bond acceptors (Lipinski definition) is 4. The maximum atomic E-state index is 13.4. The SMILES string of the molecule is N#Cc1ccc(Cl)cc1N1CCC[C@@]2(CCN([C@H]3CC[C@@H](O)CC3)C2=O)C1. The van der Waals surface area contributed by atoms with Crippen LogP contribution in [-0.2, 0) is 4.79 Å². The molecule has 5 nitrogen and oxygen atoms in total. The largest absolute Gasteiger partial charge is 0.393 e. The van der Waals surface area contributed by atoms with Crippen LogP contribution in [0.15, 0.2) is 18.2 Å². The van der Waals surface area contributed by atoms with Crippen LogP contribution in [0.1, 0.15) is 50.5 Å². The van der Waals surface area contributed by atoms with Crippen LogP contribution in [0, 0.1) is 16.7 Å². The van der Waals surface area contributed by atoms with Crippen molar-refractivity contribution >= 4 is 23.2 Å². The zero-order valence-electron chi connectivity index (χ0n) is 15.5. The minimum absolute atomic E-state index is 0.203. The van der Waals surface area contributed by atoms with Gasteiger partial charge >= 0.3 is 0 Å². The molecule has 1 spiro atoms. The Morgan fingerprint density at radius 2 is 1.96 bits per heavy atom. The third-order valence-electron chi connectivity index (χ3n) is 6.65. The molecule has 1 amide bonds. The van der Waals surface area contributed by atoms with E-state index in [0.717, 1.165) is 63.7 Å². The number of aliphatic hydroxyl groups excluding tert-OH is 1. The molecule has 2 aliphatic heterocycles. The molecule has 1 saturated carbocycles. The summed E-state index contributed by atoms with van der Waals surface area (Å²) in [5.41, 5.74) is 1.11. The first-order valence-corrected chi connectivity index (χ1v) is 10.3. The second-order valence-corrected chi connectivity index (χ2v) is 8.73. The number of amides is 1. The molecule has 2 saturated heterocycles. The molecular weight excluding hydrogens is 362 g/mol. The van der Waals surface area contributed by atoms with Gasteiger partial charge in [-0.15, -0.1) is 0 Å². The zero-order valence-corrected chi connectivity index (χ0v) is 16.3. The van der Waals surface area contributed by atoms with Gasteiger partial charge in [-0.3, -0.25) is 4.79 Å². The summed E-state index contributed by atoms with van der Waals surface area (Å²) >= 11 is 6.18. The van der Waals surface area contributed by atoms with Gasteiger partial charge in [0.2, 0.25) is 5.91 Å². The van der Waals surface area contributed by atoms with E-state index in [9.17, 15) is 15.2 Å². The number of carbonyl (C=O) groups excluding carboxylic acids is 1. The molecule has 0 bridgehead atoms. The molecule has 0 aromatic heterocycles. The van der Waals surface area contributed by atoms with Gasteiger partial charge in [-0.05, 0) is 63.1 Å². The highest BCUT2D eigenvalue weighted by Crippen LogP contribution is 2.44. The molecule has 144 valence electrons. The Balaban J connectivity index is 1.54. The molecule has 1 aliphatic carbocycles. The van der Waals surface area contributed by atoms with Gasteiger partial charge in [0.1, 0.15) is 6.07 Å². The molecule has 0 unspecified atom stereocenters. The summed E-state index contributed by atoms with van der Waals surface area (Å²) in [4.78, 5) is 17.7. The van der Waals surface area contributed by atoms with Crippen LogP contribution in [0.4, 0.5) is 5.69 Å². The summed E-state index contributed by atoms with van der Waals surface area (Å²) in [5.74, 6) is 0.272. The van der Waals surface area contributed by atoms with Crippen molar-refractivity contribution in [2.24, 2.45) is 5.41 Å². The van der Waals surface area contributed by atoms with Crippen molar-refractivity contribution in [3.63, 3.8) is 0 Å². The molecule has 1 aromatic carbocycles. The number of piperidine rings is 1. The Bertz CT molecular complexity index is 769. The van der Waals surface area contributed by atoms with Crippen LogP contribution in [0.3, 0.4) is 0 Å². The highest BCUT2D eigenvalue weighted by molar-refractivity contribution is 6.30. The minimum Gasteiger partial charge on any atom is -0.393 e. The number of likely N-dealkylation sites (tertiary alicyclic amines) is 1. The average Bonchev–Trinajstić information content (AvgIpc) is 2.98. The standard InChI is InChI=1S/C21H26ClN3O2/c22-16-3-2-15(13-23)19(12-16)24-10-1-8-21(14-24)9-11-25(20(21)27)17-4-6-18(26)7-5-17/h2-3,12,17-18,26H,1,4-11,14H2/t17-,18+,21-/m1/s1. The Morgan fingerprint density at radius 1 is 1.19 bits per heavy atom. The van der Waals surface area contributed by atoms with Gasteiger partial charge in [-0.2, -0.15) is 5.26 Å². The van der Waals surface area contributed by atoms with E-state index in [1.807, 2.05) is 6.07 Å². The quantitative estimate of drug-likeness (QED) is 0.845. The number of carbonyl (C=O) groups is 1. The fourth-order valence-corrected chi connectivity index (χ4v) is 5.31. The lowest BCUT2D eigenvalue weighted by Crippen LogP contribution is -2.50. The van der Waals surface area contributed by atoms with Crippen LogP contribution >= 0.6 is 11.6 Å². The molecule has 2 heterocycles. The molecule has 1 N–H and O–H groups in total. The van der Waals surface area contributed by atoms with Gasteiger partial charge in [0.05, 0.1) is 22.8 Å². The third-order valence-corrected chi connectivity index (χ3v) is 6.89. The van der Waals surface area contributed by atoms with E-state index in [-0.39, 0.29) is 23.5 Å². The number of aliphatic hydroxyl groups is 1. The van der Waals surface area contributed by atoms with Crippen molar-refractivity contribution in [2.45, 2.75) is 57.1 Å². The van der Waals surface area contributed by atoms with E-state index < -0.39 is 0 Å². The van der Waals surface area contributed by atoms with E-state index in [0.29, 0.717) is 17.1 Å². The van der Waals surface area contributed by atoms with Crippen molar-refractivity contribution in [2.75, 3.05) is 24.5 Å². The first kappa shape index (κ1) is 18.6. The number of nitriles is 1. The normalized spacial score (nSPS) is 31.4. The second kappa shape index (κ2) is 7.33. The Hall–Kier alpha value is -1.77. The lowest BCUT2D eigenvalue weighted by Gasteiger charge is -2.41. The Morgan fingerprint density at radius 3 is 2.70 bits per heavy atom. The van der Waals surface area contributed by atoms with Gasteiger partial charge < -0.3 is 14.9 Å². The summed E-state index contributed by atoms with van der Waals surface area (Å²) in [5, 5.41) is 19.8. The van der Waals surface area contributed by atoms with Crippen LogP contribution in [0.5, 0.6) is 0 Å². The lowest BCUT2D eigenvalue weighted by atomic mass is 9.78. The molecule has 3 aliphatic rings. The van der Waals surface area contributed by atoms with Crippen LogP contribution in [0.25, 0.3) is 0 Å². The number of benzene rings is 1. The van der Waals surface area contributed by atoms with Crippen molar-refractivity contribution in [3.8, 4) is 6.07 Å². The molecule has 4 rings (SSSR count). The maximum Gasteiger partial charge on any atom is 0.230 e. The molecule has 1 aromatic rings. The number of anilines is 1. The number of nitrogens with zero attached hydrogens (tertiary/aromatic N) is 3. The molecule has 1 atom stereocenters. The fourth-order valence-electron chi connectivity index (χ4n) is 5.14. The molecule has 0 radical (unpaired) electrons. The molecule has 6 heteroatoms. The Kier molecular flexibility index (Phi) is 5.05. The molecule has 3 fully saturated rings. The summed E-state index contributed by atoms with van der Waals surface area (Å²) in [6, 6.07) is 7.87. The van der Waals surface area contributed by atoms with E-state index in [4.69, 9.17) is 11.6 Å². The minimum atomic E-state index is -0.344. The second-order valence-electron chi connectivity index (χ2n) is 8.29. The first-order valence-electron chi connectivity index (χ1n) is 9.96. The van der Waals surface area contributed by atoms with Crippen molar-refractivity contribution in [1.29, 1.82) is 5.26 Å². The summed E-state index contributed by atoms with van der Waals surface area (Å²) in [6.07, 6.45) is 5.92. The van der Waals surface area contributed by atoms with Gasteiger partial charge in [0, 0.05) is 30.7 Å². The summed E-state index contributed by atoms with van der Waals surface area (Å²) in [6.45, 7) is 2.32. The first-order chi connectivity index (χ1) is 13.0. The fraction of sp³-hybridized carbons (Fsp3) is 0.619. The summed E-state index contributed by atoms with van der Waals surface area (Å²) < 4.78 is 0.